The number of amides is 2. The minimum absolute atomic E-state index is 0.140. The number of aromatic nitrogens is 2. The Hall–Kier alpha value is -3.39. The van der Waals surface area contributed by atoms with Gasteiger partial charge in [0.05, 0.1) is 28.6 Å². The maximum Gasteiger partial charge on any atom is 0.252 e. The number of aliphatic hydroxyl groups is 1. The van der Waals surface area contributed by atoms with Crippen molar-refractivity contribution in [3.8, 4) is 11.1 Å². The van der Waals surface area contributed by atoms with Crippen LogP contribution in [0.5, 0.6) is 0 Å². The minimum Gasteiger partial charge on any atom is -0.390 e. The third-order valence-electron chi connectivity index (χ3n) is 5.76. The average Bonchev–Trinajstić information content (AvgIpc) is 3.15. The molecule has 156 valence electrons. The molecule has 0 saturated heterocycles. The topological polar surface area (TPSA) is 122 Å². The van der Waals surface area contributed by atoms with E-state index in [-0.39, 0.29) is 6.04 Å². The number of benzene rings is 1. The fourth-order valence-electron chi connectivity index (χ4n) is 3.97. The van der Waals surface area contributed by atoms with Crippen LogP contribution in [-0.2, 0) is 4.79 Å². The van der Waals surface area contributed by atoms with Crippen LogP contribution in [-0.4, -0.2) is 38.7 Å². The number of nitrogens with two attached hydrogens (primary N) is 1. The number of nitrogens with zero attached hydrogens (tertiary/aromatic N) is 2. The SMILES string of the molecule is CC1(O)CCC(Nc2c(C(N)=O)cnn3cc(-c4ccc(NC=O)cc4)cc23)CC1. The molecule has 0 radical (unpaired) electrons. The Morgan fingerprint density at radius 1 is 1.27 bits per heavy atom. The maximum atomic E-state index is 12.0. The summed E-state index contributed by atoms with van der Waals surface area (Å²) in [6, 6.07) is 9.56. The lowest BCUT2D eigenvalue weighted by Gasteiger charge is -2.34. The molecule has 4 rings (SSSR count). The zero-order valence-electron chi connectivity index (χ0n) is 16.8. The summed E-state index contributed by atoms with van der Waals surface area (Å²) in [5.41, 5.74) is 9.34. The first-order valence-corrected chi connectivity index (χ1v) is 9.97. The van der Waals surface area contributed by atoms with Gasteiger partial charge in [-0.05, 0) is 56.4 Å². The number of nitrogens with one attached hydrogen (secondary N) is 2. The molecule has 1 saturated carbocycles. The number of carbonyl (C=O) groups excluding carboxylic acids is 2. The molecule has 1 aromatic carbocycles. The number of anilines is 2. The zero-order chi connectivity index (χ0) is 21.3. The van der Waals surface area contributed by atoms with E-state index in [1.165, 1.54) is 6.20 Å². The van der Waals surface area contributed by atoms with Crippen molar-refractivity contribution in [2.75, 3.05) is 10.6 Å². The Bertz CT molecular complexity index is 1080. The molecule has 0 atom stereocenters. The van der Waals surface area contributed by atoms with Gasteiger partial charge in [-0.15, -0.1) is 0 Å². The predicted molar refractivity (Wildman–Crippen MR) is 115 cm³/mol. The lowest BCUT2D eigenvalue weighted by Crippen LogP contribution is -2.36. The van der Waals surface area contributed by atoms with Gasteiger partial charge in [0.1, 0.15) is 0 Å². The van der Waals surface area contributed by atoms with Gasteiger partial charge in [0.15, 0.2) is 0 Å². The van der Waals surface area contributed by atoms with Crippen LogP contribution in [0, 0.1) is 0 Å². The van der Waals surface area contributed by atoms with E-state index < -0.39 is 11.5 Å². The molecular weight excluding hydrogens is 382 g/mol. The van der Waals surface area contributed by atoms with Gasteiger partial charge in [0.2, 0.25) is 6.41 Å². The molecule has 0 unspecified atom stereocenters. The van der Waals surface area contributed by atoms with E-state index >= 15 is 0 Å². The molecule has 2 amide bonds. The van der Waals surface area contributed by atoms with E-state index in [0.29, 0.717) is 36.2 Å². The number of carbonyl (C=O) groups is 2. The molecular formula is C22H25N5O3. The van der Waals surface area contributed by atoms with Gasteiger partial charge in [-0.1, -0.05) is 12.1 Å². The number of hydrogen-bond acceptors (Lipinski definition) is 5. The van der Waals surface area contributed by atoms with Crippen molar-refractivity contribution in [3.05, 3.63) is 48.3 Å². The quantitative estimate of drug-likeness (QED) is 0.468. The Balaban J connectivity index is 1.69. The Labute approximate surface area is 174 Å². The van der Waals surface area contributed by atoms with Crippen LogP contribution < -0.4 is 16.4 Å². The monoisotopic (exact) mass is 407 g/mol. The van der Waals surface area contributed by atoms with Gasteiger partial charge in [-0.25, -0.2) is 4.52 Å². The van der Waals surface area contributed by atoms with Crippen molar-refractivity contribution in [2.45, 2.75) is 44.2 Å². The second-order valence-electron chi connectivity index (χ2n) is 8.11. The first-order valence-electron chi connectivity index (χ1n) is 9.97. The highest BCUT2D eigenvalue weighted by atomic mass is 16.3. The van der Waals surface area contributed by atoms with Crippen LogP contribution in [0.2, 0.25) is 0 Å². The standard InChI is InChI=1S/C22H25N5O3/c1-22(30)8-6-17(7-9-22)26-20-18(21(23)29)11-25-27-12-15(10-19(20)27)14-2-4-16(5-3-14)24-13-28/h2-5,10-13,17,26,30H,6-9H2,1H3,(H2,23,29)(H,24,28). The van der Waals surface area contributed by atoms with E-state index in [4.69, 9.17) is 5.73 Å². The average molecular weight is 407 g/mol. The number of rotatable bonds is 6. The lowest BCUT2D eigenvalue weighted by atomic mass is 9.83. The van der Waals surface area contributed by atoms with E-state index in [2.05, 4.69) is 15.7 Å². The van der Waals surface area contributed by atoms with Gasteiger partial charge in [-0.3, -0.25) is 9.59 Å². The molecule has 8 nitrogen and oxygen atoms in total. The van der Waals surface area contributed by atoms with Gasteiger partial charge in [0.25, 0.3) is 5.91 Å². The zero-order valence-corrected chi connectivity index (χ0v) is 16.8. The molecule has 1 fully saturated rings. The van der Waals surface area contributed by atoms with Crippen molar-refractivity contribution in [2.24, 2.45) is 5.73 Å². The lowest BCUT2D eigenvalue weighted by molar-refractivity contribution is -0.105. The molecule has 2 heterocycles. The minimum atomic E-state index is -0.634. The molecule has 3 aromatic rings. The highest BCUT2D eigenvalue weighted by Crippen LogP contribution is 2.33. The van der Waals surface area contributed by atoms with E-state index in [0.717, 1.165) is 29.5 Å². The summed E-state index contributed by atoms with van der Waals surface area (Å²) in [5, 5.41) is 20.7. The Morgan fingerprint density at radius 3 is 2.60 bits per heavy atom. The highest BCUT2D eigenvalue weighted by Gasteiger charge is 2.29. The summed E-state index contributed by atoms with van der Waals surface area (Å²) in [6.07, 6.45) is 7.02. The van der Waals surface area contributed by atoms with Crippen molar-refractivity contribution >= 4 is 29.2 Å². The molecule has 30 heavy (non-hydrogen) atoms. The van der Waals surface area contributed by atoms with Gasteiger partial charge >= 0.3 is 0 Å². The summed E-state index contributed by atoms with van der Waals surface area (Å²) in [5.74, 6) is -0.539. The van der Waals surface area contributed by atoms with Crippen molar-refractivity contribution < 1.29 is 14.7 Å². The smallest absolute Gasteiger partial charge is 0.252 e. The van der Waals surface area contributed by atoms with Crippen LogP contribution in [0.15, 0.2) is 42.7 Å². The Kier molecular flexibility index (Phi) is 5.17. The first kappa shape index (κ1) is 19.9. The fraction of sp³-hybridized carbons (Fsp3) is 0.318. The second-order valence-corrected chi connectivity index (χ2v) is 8.11. The van der Waals surface area contributed by atoms with Crippen molar-refractivity contribution in [1.29, 1.82) is 0 Å². The predicted octanol–water partition coefficient (Wildman–Crippen LogP) is 2.77. The van der Waals surface area contributed by atoms with Crippen LogP contribution in [0.25, 0.3) is 16.6 Å². The number of fused-ring (bicyclic) bond motifs is 1. The summed E-state index contributed by atoms with van der Waals surface area (Å²) in [7, 11) is 0. The van der Waals surface area contributed by atoms with Crippen LogP contribution in [0.4, 0.5) is 11.4 Å². The van der Waals surface area contributed by atoms with Crippen LogP contribution >= 0.6 is 0 Å². The van der Waals surface area contributed by atoms with Gasteiger partial charge in [-0.2, -0.15) is 5.10 Å². The first-order chi connectivity index (χ1) is 14.4. The van der Waals surface area contributed by atoms with Gasteiger partial charge < -0.3 is 21.5 Å². The summed E-state index contributed by atoms with van der Waals surface area (Å²) in [4.78, 5) is 22.6. The van der Waals surface area contributed by atoms with E-state index in [1.54, 1.807) is 4.52 Å². The molecule has 1 aliphatic carbocycles. The third-order valence-corrected chi connectivity index (χ3v) is 5.76. The third kappa shape index (κ3) is 3.99. The molecule has 0 aliphatic heterocycles. The number of hydrogen-bond donors (Lipinski definition) is 4. The fourth-order valence-corrected chi connectivity index (χ4v) is 3.97. The van der Waals surface area contributed by atoms with Crippen molar-refractivity contribution in [1.82, 2.24) is 9.61 Å². The van der Waals surface area contributed by atoms with E-state index in [1.807, 2.05) is 43.5 Å². The second kappa shape index (κ2) is 7.79. The normalized spacial score (nSPS) is 21.3. The summed E-state index contributed by atoms with van der Waals surface area (Å²) >= 11 is 0. The van der Waals surface area contributed by atoms with E-state index in [9.17, 15) is 14.7 Å². The summed E-state index contributed by atoms with van der Waals surface area (Å²) in [6.45, 7) is 1.86. The highest BCUT2D eigenvalue weighted by molar-refractivity contribution is 6.02. The molecule has 2 aromatic heterocycles. The van der Waals surface area contributed by atoms with Gasteiger partial charge in [0, 0.05) is 23.5 Å². The largest absolute Gasteiger partial charge is 0.390 e. The molecule has 5 N–H and O–H groups in total. The molecule has 1 aliphatic rings. The number of primary amides is 1. The van der Waals surface area contributed by atoms with Crippen LogP contribution in [0.1, 0.15) is 43.0 Å². The molecule has 0 bridgehead atoms. The maximum absolute atomic E-state index is 12.0. The Morgan fingerprint density at radius 2 is 1.97 bits per heavy atom. The summed E-state index contributed by atoms with van der Waals surface area (Å²) < 4.78 is 1.72. The van der Waals surface area contributed by atoms with Crippen LogP contribution in [0.3, 0.4) is 0 Å². The molecule has 8 heteroatoms. The molecule has 0 spiro atoms. The van der Waals surface area contributed by atoms with Crippen molar-refractivity contribution in [3.63, 3.8) is 0 Å².